The highest BCUT2D eigenvalue weighted by molar-refractivity contribution is 7.80. The zero-order valence-electron chi connectivity index (χ0n) is 21.0. The molecule has 1 aliphatic carbocycles. The summed E-state index contributed by atoms with van der Waals surface area (Å²) in [6.45, 7) is 6.89. The first kappa shape index (κ1) is 25.1. The van der Waals surface area contributed by atoms with E-state index in [1.807, 2.05) is 12.1 Å². The van der Waals surface area contributed by atoms with E-state index in [0.717, 1.165) is 56.1 Å². The molecule has 0 heterocycles. The number of phenols is 1. The molecular formula is C30H36N2O2S. The third-order valence-corrected chi connectivity index (χ3v) is 7.24. The summed E-state index contributed by atoms with van der Waals surface area (Å²) in [7, 11) is 1.73. The SMILES string of the molecule is CCNC(=S)Cc1ccc(CN(CC)c2cc(OC)ccc2[C@@H]2CCc3cc(O)ccc3C2)cc1. The van der Waals surface area contributed by atoms with E-state index in [0.29, 0.717) is 11.7 Å². The highest BCUT2D eigenvalue weighted by atomic mass is 32.1. The number of ether oxygens (including phenoxy) is 1. The maximum Gasteiger partial charge on any atom is 0.120 e. The molecule has 0 bridgehead atoms. The van der Waals surface area contributed by atoms with Gasteiger partial charge in [0, 0.05) is 37.8 Å². The molecule has 0 radical (unpaired) electrons. The molecule has 0 spiro atoms. The lowest BCUT2D eigenvalue weighted by atomic mass is 9.79. The predicted octanol–water partition coefficient (Wildman–Crippen LogP) is 6.18. The van der Waals surface area contributed by atoms with Gasteiger partial charge < -0.3 is 20.1 Å². The van der Waals surface area contributed by atoms with Crippen LogP contribution in [0.3, 0.4) is 0 Å². The molecule has 0 saturated carbocycles. The summed E-state index contributed by atoms with van der Waals surface area (Å²) in [4.78, 5) is 3.34. The lowest BCUT2D eigenvalue weighted by molar-refractivity contribution is 0.414. The Kier molecular flexibility index (Phi) is 8.29. The summed E-state index contributed by atoms with van der Waals surface area (Å²) in [6, 6.07) is 21.1. The van der Waals surface area contributed by atoms with Gasteiger partial charge in [-0.1, -0.05) is 48.6 Å². The second kappa shape index (κ2) is 11.6. The van der Waals surface area contributed by atoms with Crippen molar-refractivity contribution in [1.29, 1.82) is 0 Å². The Labute approximate surface area is 214 Å². The zero-order chi connectivity index (χ0) is 24.8. The van der Waals surface area contributed by atoms with Crippen molar-refractivity contribution in [3.05, 3.63) is 88.5 Å². The van der Waals surface area contributed by atoms with Crippen LogP contribution in [0, 0.1) is 0 Å². The number of hydrogen-bond acceptors (Lipinski definition) is 4. The van der Waals surface area contributed by atoms with Gasteiger partial charge in [0.1, 0.15) is 11.5 Å². The number of methoxy groups -OCH3 is 1. The van der Waals surface area contributed by atoms with Crippen LogP contribution in [-0.4, -0.2) is 30.3 Å². The first-order valence-electron chi connectivity index (χ1n) is 12.6. The Morgan fingerprint density at radius 2 is 1.80 bits per heavy atom. The molecule has 184 valence electrons. The summed E-state index contributed by atoms with van der Waals surface area (Å²) < 4.78 is 5.61. The smallest absolute Gasteiger partial charge is 0.120 e. The van der Waals surface area contributed by atoms with Crippen LogP contribution >= 0.6 is 12.2 Å². The fraction of sp³-hybridized carbons (Fsp3) is 0.367. The van der Waals surface area contributed by atoms with Crippen molar-refractivity contribution in [3.8, 4) is 11.5 Å². The first-order chi connectivity index (χ1) is 17.0. The fourth-order valence-corrected chi connectivity index (χ4v) is 5.38. The number of aryl methyl sites for hydroxylation is 1. The normalized spacial score (nSPS) is 14.8. The van der Waals surface area contributed by atoms with E-state index in [1.54, 1.807) is 7.11 Å². The number of thiocarbonyl (C=S) groups is 1. The van der Waals surface area contributed by atoms with E-state index in [-0.39, 0.29) is 0 Å². The molecule has 0 aliphatic heterocycles. The van der Waals surface area contributed by atoms with E-state index < -0.39 is 0 Å². The molecule has 3 aromatic carbocycles. The van der Waals surface area contributed by atoms with Gasteiger partial charge in [-0.3, -0.25) is 0 Å². The van der Waals surface area contributed by atoms with Gasteiger partial charge in [-0.25, -0.2) is 0 Å². The predicted molar refractivity (Wildman–Crippen MR) is 149 cm³/mol. The Morgan fingerprint density at radius 1 is 1.03 bits per heavy atom. The number of hydrogen-bond donors (Lipinski definition) is 2. The quantitative estimate of drug-likeness (QED) is 0.352. The van der Waals surface area contributed by atoms with Crippen molar-refractivity contribution in [2.24, 2.45) is 0 Å². The number of nitrogens with zero attached hydrogens (tertiary/aromatic N) is 1. The number of fused-ring (bicyclic) bond motifs is 1. The summed E-state index contributed by atoms with van der Waals surface area (Å²) >= 11 is 5.41. The Hall–Kier alpha value is -3.05. The van der Waals surface area contributed by atoms with E-state index in [1.165, 1.54) is 33.5 Å². The third-order valence-electron chi connectivity index (χ3n) is 6.95. The van der Waals surface area contributed by atoms with Crippen LogP contribution in [0.2, 0.25) is 0 Å². The second-order valence-electron chi connectivity index (χ2n) is 9.28. The number of phenolic OH excluding ortho intramolecular Hbond substituents is 1. The monoisotopic (exact) mass is 488 g/mol. The van der Waals surface area contributed by atoms with Crippen LogP contribution in [0.4, 0.5) is 5.69 Å². The van der Waals surface area contributed by atoms with Gasteiger partial charge in [0.2, 0.25) is 0 Å². The van der Waals surface area contributed by atoms with Gasteiger partial charge >= 0.3 is 0 Å². The minimum absolute atomic E-state index is 0.360. The van der Waals surface area contributed by atoms with Crippen molar-refractivity contribution in [1.82, 2.24) is 5.32 Å². The number of anilines is 1. The molecule has 0 aromatic heterocycles. The third kappa shape index (κ3) is 6.15. The van der Waals surface area contributed by atoms with Crippen molar-refractivity contribution in [2.45, 2.75) is 52.0 Å². The molecule has 4 rings (SSSR count). The standard InChI is InChI=1S/C30H36N2O2S/c1-4-31-30(35)16-21-6-8-22(9-7-21)20-32(5-2)29-19-27(34-3)14-15-28(29)25-11-10-24-18-26(33)13-12-23(24)17-25/h6-9,12-15,18-19,25,33H,4-5,10-11,16-17,20H2,1-3H3,(H,31,35)/t25-/m1/s1. The van der Waals surface area contributed by atoms with Crippen molar-refractivity contribution in [2.75, 3.05) is 25.1 Å². The van der Waals surface area contributed by atoms with Crippen LogP contribution in [0.1, 0.15) is 54.0 Å². The highest BCUT2D eigenvalue weighted by Crippen LogP contribution is 2.40. The summed E-state index contributed by atoms with van der Waals surface area (Å²) in [5, 5.41) is 13.1. The summed E-state index contributed by atoms with van der Waals surface area (Å²) in [5.41, 5.74) is 7.75. The van der Waals surface area contributed by atoms with Gasteiger partial charge in [-0.15, -0.1) is 0 Å². The van der Waals surface area contributed by atoms with Crippen LogP contribution in [-0.2, 0) is 25.8 Å². The average molecular weight is 489 g/mol. The molecule has 0 amide bonds. The largest absolute Gasteiger partial charge is 0.508 e. The van der Waals surface area contributed by atoms with Crippen LogP contribution in [0.5, 0.6) is 11.5 Å². The van der Waals surface area contributed by atoms with Crippen LogP contribution in [0.15, 0.2) is 60.7 Å². The molecule has 0 unspecified atom stereocenters. The molecule has 3 aromatic rings. The topological polar surface area (TPSA) is 44.7 Å². The minimum atomic E-state index is 0.360. The minimum Gasteiger partial charge on any atom is -0.508 e. The molecule has 1 aliphatic rings. The van der Waals surface area contributed by atoms with Gasteiger partial charge in [-0.05, 0) is 85.0 Å². The molecule has 2 N–H and O–H groups in total. The Bertz CT molecular complexity index is 1160. The molecule has 0 saturated heterocycles. The highest BCUT2D eigenvalue weighted by Gasteiger charge is 2.24. The van der Waals surface area contributed by atoms with Crippen LogP contribution < -0.4 is 15.0 Å². The molecule has 4 nitrogen and oxygen atoms in total. The van der Waals surface area contributed by atoms with Crippen LogP contribution in [0.25, 0.3) is 0 Å². The summed E-state index contributed by atoms with van der Waals surface area (Å²) in [5.74, 6) is 1.69. The van der Waals surface area contributed by atoms with Gasteiger partial charge in [0.15, 0.2) is 0 Å². The summed E-state index contributed by atoms with van der Waals surface area (Å²) in [6.07, 6.45) is 3.84. The van der Waals surface area contributed by atoms with Crippen molar-refractivity contribution in [3.63, 3.8) is 0 Å². The molecule has 1 atom stereocenters. The molecule has 0 fully saturated rings. The zero-order valence-corrected chi connectivity index (χ0v) is 21.8. The maximum absolute atomic E-state index is 9.87. The lowest BCUT2D eigenvalue weighted by Crippen LogP contribution is -2.25. The fourth-order valence-electron chi connectivity index (χ4n) is 5.07. The van der Waals surface area contributed by atoms with Crippen molar-refractivity contribution >= 4 is 22.9 Å². The van der Waals surface area contributed by atoms with E-state index in [2.05, 4.69) is 72.6 Å². The van der Waals surface area contributed by atoms with E-state index in [9.17, 15) is 5.11 Å². The average Bonchev–Trinajstić information content (AvgIpc) is 2.87. The van der Waals surface area contributed by atoms with Gasteiger partial charge in [0.05, 0.1) is 12.1 Å². The maximum atomic E-state index is 9.87. The van der Waals surface area contributed by atoms with E-state index in [4.69, 9.17) is 17.0 Å². The molecular weight excluding hydrogens is 452 g/mol. The Morgan fingerprint density at radius 3 is 2.51 bits per heavy atom. The first-order valence-corrected chi connectivity index (χ1v) is 13.0. The van der Waals surface area contributed by atoms with E-state index >= 15 is 0 Å². The van der Waals surface area contributed by atoms with Gasteiger partial charge in [0.25, 0.3) is 0 Å². The number of benzene rings is 3. The Balaban J connectivity index is 1.56. The number of aromatic hydroxyl groups is 1. The van der Waals surface area contributed by atoms with Gasteiger partial charge in [-0.2, -0.15) is 0 Å². The molecule has 5 heteroatoms. The lowest BCUT2D eigenvalue weighted by Gasteiger charge is -2.32. The molecule has 35 heavy (non-hydrogen) atoms. The number of likely N-dealkylation sites (N-methyl/N-ethyl adjacent to an activating group) is 1. The van der Waals surface area contributed by atoms with Crippen molar-refractivity contribution < 1.29 is 9.84 Å². The second-order valence-corrected chi connectivity index (χ2v) is 9.77. The number of nitrogens with one attached hydrogen (secondary N) is 1. The number of rotatable bonds is 9.